The lowest BCUT2D eigenvalue weighted by Gasteiger charge is -2.04. The van der Waals surface area contributed by atoms with Gasteiger partial charge in [-0.15, -0.1) is 0 Å². The highest BCUT2D eigenvalue weighted by Gasteiger charge is 2.08. The third kappa shape index (κ3) is 9.31. The Morgan fingerprint density at radius 3 is 1.24 bits per heavy atom. The predicted octanol–water partition coefficient (Wildman–Crippen LogP) is 11.3. The van der Waals surface area contributed by atoms with Gasteiger partial charge >= 0.3 is 0 Å². The topological polar surface area (TPSA) is 41.8 Å². The van der Waals surface area contributed by atoms with Crippen LogP contribution in [0.4, 0.5) is 11.4 Å². The molecule has 0 aromatic heterocycles. The van der Waals surface area contributed by atoms with Gasteiger partial charge in [-0.05, 0) is 83.3 Å². The van der Waals surface area contributed by atoms with Crippen LogP contribution in [0.25, 0.3) is 22.3 Å². The van der Waals surface area contributed by atoms with E-state index < -0.39 is 0 Å². The van der Waals surface area contributed by atoms with E-state index in [1.54, 1.807) is 0 Å². The van der Waals surface area contributed by atoms with Crippen molar-refractivity contribution >= 4 is 23.8 Å². The van der Waals surface area contributed by atoms with Gasteiger partial charge in [0.15, 0.2) is 5.43 Å². The molecule has 5 aromatic carbocycles. The molecule has 0 aliphatic heterocycles. The minimum absolute atomic E-state index is 0.00545. The zero-order valence-electron chi connectivity index (χ0n) is 27.2. The van der Waals surface area contributed by atoms with Gasteiger partial charge in [0.05, 0.1) is 11.4 Å². The van der Waals surface area contributed by atoms with E-state index in [1.165, 1.54) is 49.7 Å². The van der Waals surface area contributed by atoms with E-state index in [-0.39, 0.29) is 5.43 Å². The largest absolute Gasteiger partial charge is 0.289 e. The molecular formula is C43H44N2O. The Morgan fingerprint density at radius 1 is 0.478 bits per heavy atom. The van der Waals surface area contributed by atoms with E-state index >= 15 is 0 Å². The molecule has 5 rings (SSSR count). The highest BCUT2D eigenvalue weighted by molar-refractivity contribution is 5.84. The van der Waals surface area contributed by atoms with Crippen LogP contribution in [0.1, 0.15) is 74.6 Å². The standard InChI is InChI=1S/C43H44N2O/c1-3-5-7-11-33-19-27-39(28-20-33)44-31-35-15-23-37(24-16-35)41-13-9-10-14-42(43(41)46)38-25-17-36(18-26-38)32-45-40-29-21-34(22-30-40)12-8-6-4-2/h9-10,13-32H,3-8,11-12H2,1-2H3. The number of nitrogens with zero attached hydrogens (tertiary/aromatic N) is 2. The second-order valence-corrected chi connectivity index (χ2v) is 11.9. The first kappa shape index (κ1) is 32.5. The average molecular weight is 605 g/mol. The molecule has 46 heavy (non-hydrogen) atoms. The van der Waals surface area contributed by atoms with E-state index in [0.717, 1.165) is 46.5 Å². The number of hydrogen-bond donors (Lipinski definition) is 0. The van der Waals surface area contributed by atoms with Crippen LogP contribution in [0.15, 0.2) is 136 Å². The molecule has 0 radical (unpaired) electrons. The van der Waals surface area contributed by atoms with Crippen molar-refractivity contribution in [3.05, 3.63) is 154 Å². The molecule has 3 nitrogen and oxygen atoms in total. The minimum atomic E-state index is 0.00545. The fraction of sp³-hybridized carbons (Fsp3) is 0.233. The van der Waals surface area contributed by atoms with Crippen molar-refractivity contribution < 1.29 is 0 Å². The molecule has 0 fully saturated rings. The molecule has 0 aliphatic rings. The van der Waals surface area contributed by atoms with Crippen LogP contribution in [0.5, 0.6) is 0 Å². The summed E-state index contributed by atoms with van der Waals surface area (Å²) in [7, 11) is 0. The molecule has 0 aliphatic carbocycles. The SMILES string of the molecule is CCCCCc1ccc(N=Cc2ccc(-c3ccccc(-c4ccc(C=Nc5ccc(CCCCC)cc5)cc4)c3=O)cc2)cc1. The monoisotopic (exact) mass is 604 g/mol. The molecular weight excluding hydrogens is 560 g/mol. The molecule has 232 valence electrons. The van der Waals surface area contributed by atoms with Gasteiger partial charge in [-0.2, -0.15) is 0 Å². The van der Waals surface area contributed by atoms with Crippen LogP contribution >= 0.6 is 0 Å². The number of unbranched alkanes of at least 4 members (excludes halogenated alkanes) is 4. The summed E-state index contributed by atoms with van der Waals surface area (Å²) in [5.74, 6) is 0. The fourth-order valence-corrected chi connectivity index (χ4v) is 5.51. The van der Waals surface area contributed by atoms with Gasteiger partial charge in [0.25, 0.3) is 0 Å². The van der Waals surface area contributed by atoms with E-state index in [9.17, 15) is 4.79 Å². The smallest absolute Gasteiger partial charge is 0.194 e. The zero-order valence-corrected chi connectivity index (χ0v) is 27.2. The van der Waals surface area contributed by atoms with Gasteiger partial charge in [0, 0.05) is 23.6 Å². The summed E-state index contributed by atoms with van der Waals surface area (Å²) in [5.41, 5.74) is 9.70. The first-order valence-electron chi connectivity index (χ1n) is 16.7. The third-order valence-electron chi connectivity index (χ3n) is 8.31. The van der Waals surface area contributed by atoms with Crippen molar-refractivity contribution in [2.75, 3.05) is 0 Å². The summed E-state index contributed by atoms with van der Waals surface area (Å²) < 4.78 is 0. The second kappa shape index (κ2) is 17.0. The number of rotatable bonds is 14. The number of aliphatic imine (C=N–C) groups is 2. The van der Waals surface area contributed by atoms with Gasteiger partial charge in [-0.1, -0.05) is 137 Å². The molecule has 0 atom stereocenters. The van der Waals surface area contributed by atoms with Crippen molar-refractivity contribution in [1.82, 2.24) is 0 Å². The lowest BCUT2D eigenvalue weighted by molar-refractivity contribution is 0.717. The first-order chi connectivity index (χ1) is 22.6. The maximum absolute atomic E-state index is 13.7. The third-order valence-corrected chi connectivity index (χ3v) is 8.31. The van der Waals surface area contributed by atoms with Crippen molar-refractivity contribution in [2.45, 2.75) is 65.2 Å². The quantitative estimate of drug-likeness (QED) is 0.0918. The maximum atomic E-state index is 13.7. The van der Waals surface area contributed by atoms with Crippen LogP contribution in [-0.2, 0) is 12.8 Å². The van der Waals surface area contributed by atoms with Crippen molar-refractivity contribution in [3.8, 4) is 22.3 Å². The molecule has 0 saturated heterocycles. The molecule has 5 aromatic rings. The van der Waals surface area contributed by atoms with Crippen molar-refractivity contribution in [3.63, 3.8) is 0 Å². The summed E-state index contributed by atoms with van der Waals surface area (Å²) in [6, 6.07) is 40.7. The molecule has 0 amide bonds. The average Bonchev–Trinajstić information content (AvgIpc) is 3.29. The summed E-state index contributed by atoms with van der Waals surface area (Å²) in [6.07, 6.45) is 13.5. The lowest BCUT2D eigenvalue weighted by Crippen LogP contribution is -2.05. The Kier molecular flexibility index (Phi) is 12.0. The van der Waals surface area contributed by atoms with Gasteiger partial charge in [-0.3, -0.25) is 14.8 Å². The van der Waals surface area contributed by atoms with Crippen LogP contribution in [0.3, 0.4) is 0 Å². The Balaban J connectivity index is 1.25. The Hall–Kier alpha value is -4.89. The van der Waals surface area contributed by atoms with Gasteiger partial charge in [0.1, 0.15) is 0 Å². The van der Waals surface area contributed by atoms with E-state index in [2.05, 4.69) is 72.4 Å². The minimum Gasteiger partial charge on any atom is -0.289 e. The normalized spacial score (nSPS) is 11.4. The summed E-state index contributed by atoms with van der Waals surface area (Å²) >= 11 is 0. The summed E-state index contributed by atoms with van der Waals surface area (Å²) in [5, 5.41) is 0. The first-order valence-corrected chi connectivity index (χ1v) is 16.7. The summed E-state index contributed by atoms with van der Waals surface area (Å²) in [6.45, 7) is 4.46. The van der Waals surface area contributed by atoms with Gasteiger partial charge in [0.2, 0.25) is 0 Å². The van der Waals surface area contributed by atoms with Crippen LogP contribution in [-0.4, -0.2) is 12.4 Å². The molecule has 0 unspecified atom stereocenters. The fourth-order valence-electron chi connectivity index (χ4n) is 5.51. The molecule has 0 bridgehead atoms. The van der Waals surface area contributed by atoms with E-state index in [0.29, 0.717) is 11.1 Å². The lowest BCUT2D eigenvalue weighted by atomic mass is 10.0. The Bertz CT molecular complexity index is 1650. The van der Waals surface area contributed by atoms with Crippen molar-refractivity contribution in [2.24, 2.45) is 9.98 Å². The second-order valence-electron chi connectivity index (χ2n) is 11.9. The maximum Gasteiger partial charge on any atom is 0.194 e. The van der Waals surface area contributed by atoms with Crippen molar-refractivity contribution in [1.29, 1.82) is 0 Å². The Morgan fingerprint density at radius 2 is 0.870 bits per heavy atom. The number of aryl methyl sites for hydroxylation is 2. The van der Waals surface area contributed by atoms with Gasteiger partial charge < -0.3 is 0 Å². The van der Waals surface area contributed by atoms with Crippen LogP contribution in [0.2, 0.25) is 0 Å². The molecule has 3 heteroatoms. The summed E-state index contributed by atoms with van der Waals surface area (Å²) in [4.78, 5) is 23.0. The predicted molar refractivity (Wildman–Crippen MR) is 197 cm³/mol. The molecule has 0 spiro atoms. The van der Waals surface area contributed by atoms with E-state index in [4.69, 9.17) is 0 Å². The molecule has 0 saturated carbocycles. The van der Waals surface area contributed by atoms with Gasteiger partial charge in [-0.25, -0.2) is 0 Å². The zero-order chi connectivity index (χ0) is 32.0. The molecule has 0 N–H and O–H groups in total. The molecule has 0 heterocycles. The highest BCUT2D eigenvalue weighted by Crippen LogP contribution is 2.22. The van der Waals surface area contributed by atoms with E-state index in [1.807, 2.05) is 85.2 Å². The van der Waals surface area contributed by atoms with Crippen LogP contribution < -0.4 is 5.43 Å². The number of hydrogen-bond acceptors (Lipinski definition) is 3. The number of benzene rings is 4. The highest BCUT2D eigenvalue weighted by atomic mass is 16.1. The Labute approximate surface area is 274 Å². The van der Waals surface area contributed by atoms with Crippen LogP contribution in [0, 0.1) is 0 Å².